The van der Waals surface area contributed by atoms with Crippen molar-refractivity contribution < 1.29 is 19.5 Å². The van der Waals surface area contributed by atoms with Gasteiger partial charge in [0.1, 0.15) is 0 Å². The third-order valence-corrected chi connectivity index (χ3v) is 3.22. The van der Waals surface area contributed by atoms with Crippen LogP contribution in [0, 0.1) is 0 Å². The van der Waals surface area contributed by atoms with Crippen molar-refractivity contribution >= 4 is 11.7 Å². The molecule has 7 nitrogen and oxygen atoms in total. The van der Waals surface area contributed by atoms with Crippen LogP contribution in [0.2, 0.25) is 0 Å². The summed E-state index contributed by atoms with van der Waals surface area (Å²) in [5.74, 6) is -0.0845. The minimum absolute atomic E-state index is 0.0369. The zero-order valence-electron chi connectivity index (χ0n) is 11.9. The molecular formula is C14H19N3O4. The van der Waals surface area contributed by atoms with Gasteiger partial charge in [-0.1, -0.05) is 23.4 Å². The zero-order chi connectivity index (χ0) is 15.2. The van der Waals surface area contributed by atoms with Crippen molar-refractivity contribution in [3.63, 3.8) is 0 Å². The molecule has 0 aromatic heterocycles. The number of amides is 1. The summed E-state index contributed by atoms with van der Waals surface area (Å²) in [7, 11) is 1.70. The lowest BCUT2D eigenvalue weighted by Gasteiger charge is -2.26. The highest BCUT2D eigenvalue weighted by Gasteiger charge is 2.25. The number of hydrogen-bond donors (Lipinski definition) is 2. The van der Waals surface area contributed by atoms with Gasteiger partial charge in [-0.05, 0) is 11.6 Å². The standard InChI is InChI=1S/C14H19N3O4/c1-17(14(18)12-9-20-5-6-21-12)8-10-3-2-4-11(7-10)13(15)16-19/h2-4,7,12,19H,5-6,8-9H2,1H3,(H2,15,16). The van der Waals surface area contributed by atoms with Gasteiger partial charge in [-0.15, -0.1) is 0 Å². The Morgan fingerprint density at radius 1 is 1.52 bits per heavy atom. The maximum Gasteiger partial charge on any atom is 0.254 e. The largest absolute Gasteiger partial charge is 0.409 e. The van der Waals surface area contributed by atoms with Crippen molar-refractivity contribution in [1.29, 1.82) is 0 Å². The number of hydrogen-bond acceptors (Lipinski definition) is 5. The van der Waals surface area contributed by atoms with E-state index in [0.29, 0.717) is 25.3 Å². The topological polar surface area (TPSA) is 97.4 Å². The van der Waals surface area contributed by atoms with E-state index in [0.717, 1.165) is 5.56 Å². The van der Waals surface area contributed by atoms with Crippen molar-refractivity contribution in [2.75, 3.05) is 26.9 Å². The van der Waals surface area contributed by atoms with Gasteiger partial charge in [0.25, 0.3) is 5.91 Å². The molecule has 1 saturated heterocycles. The Labute approximate surface area is 122 Å². The first-order valence-electron chi connectivity index (χ1n) is 6.63. The van der Waals surface area contributed by atoms with Crippen molar-refractivity contribution in [2.45, 2.75) is 12.6 Å². The first-order chi connectivity index (χ1) is 10.1. The molecule has 0 bridgehead atoms. The van der Waals surface area contributed by atoms with Gasteiger partial charge >= 0.3 is 0 Å². The summed E-state index contributed by atoms with van der Waals surface area (Å²) in [4.78, 5) is 13.8. The highest BCUT2D eigenvalue weighted by atomic mass is 16.6. The van der Waals surface area contributed by atoms with Crippen LogP contribution in [0.1, 0.15) is 11.1 Å². The first-order valence-corrected chi connectivity index (χ1v) is 6.63. The average molecular weight is 293 g/mol. The Kier molecular flexibility index (Phi) is 5.13. The van der Waals surface area contributed by atoms with E-state index in [-0.39, 0.29) is 18.3 Å². The summed E-state index contributed by atoms with van der Waals surface area (Å²) < 4.78 is 10.6. The second-order valence-corrected chi connectivity index (χ2v) is 4.81. The monoisotopic (exact) mass is 293 g/mol. The predicted octanol–water partition coefficient (Wildman–Crippen LogP) is 0.155. The Balaban J connectivity index is 2.01. The molecule has 7 heteroatoms. The molecular weight excluding hydrogens is 274 g/mol. The maximum absolute atomic E-state index is 12.2. The molecule has 1 aliphatic heterocycles. The lowest BCUT2D eigenvalue weighted by atomic mass is 10.1. The quantitative estimate of drug-likeness (QED) is 0.356. The Hall–Kier alpha value is -2.12. The van der Waals surface area contributed by atoms with Crippen LogP contribution in [0.15, 0.2) is 29.4 Å². The normalized spacial score (nSPS) is 19.3. The molecule has 0 saturated carbocycles. The van der Waals surface area contributed by atoms with Gasteiger partial charge in [0.15, 0.2) is 11.9 Å². The fourth-order valence-corrected chi connectivity index (χ4v) is 2.11. The Morgan fingerprint density at radius 3 is 3.00 bits per heavy atom. The summed E-state index contributed by atoms with van der Waals surface area (Å²) in [5.41, 5.74) is 7.04. The molecule has 0 spiro atoms. The van der Waals surface area contributed by atoms with Crippen LogP contribution in [0.25, 0.3) is 0 Å². The summed E-state index contributed by atoms with van der Waals surface area (Å²) in [5, 5.41) is 11.7. The molecule has 1 unspecified atom stereocenters. The molecule has 3 N–H and O–H groups in total. The van der Waals surface area contributed by atoms with E-state index in [4.69, 9.17) is 20.4 Å². The van der Waals surface area contributed by atoms with Gasteiger partial charge in [-0.2, -0.15) is 0 Å². The SMILES string of the molecule is CN(Cc1cccc(C(N)=NO)c1)C(=O)C1COCCO1. The van der Waals surface area contributed by atoms with Gasteiger partial charge in [-0.25, -0.2) is 0 Å². The van der Waals surface area contributed by atoms with E-state index in [9.17, 15) is 4.79 Å². The summed E-state index contributed by atoms with van der Waals surface area (Å²) >= 11 is 0. The number of oxime groups is 1. The van der Waals surface area contributed by atoms with Crippen LogP contribution >= 0.6 is 0 Å². The second kappa shape index (κ2) is 7.05. The Bertz CT molecular complexity index is 527. The predicted molar refractivity (Wildman–Crippen MR) is 76.0 cm³/mol. The second-order valence-electron chi connectivity index (χ2n) is 4.81. The van der Waals surface area contributed by atoms with Gasteiger partial charge in [-0.3, -0.25) is 4.79 Å². The molecule has 0 aliphatic carbocycles. The van der Waals surface area contributed by atoms with Crippen molar-refractivity contribution in [3.05, 3.63) is 35.4 Å². The molecule has 21 heavy (non-hydrogen) atoms. The molecule has 1 atom stereocenters. The number of nitrogens with zero attached hydrogens (tertiary/aromatic N) is 2. The average Bonchev–Trinajstić information content (AvgIpc) is 2.54. The third-order valence-electron chi connectivity index (χ3n) is 3.22. The van der Waals surface area contributed by atoms with Crippen molar-refractivity contribution in [3.8, 4) is 0 Å². The number of likely N-dealkylation sites (N-methyl/N-ethyl adjacent to an activating group) is 1. The van der Waals surface area contributed by atoms with E-state index >= 15 is 0 Å². The minimum Gasteiger partial charge on any atom is -0.409 e. The van der Waals surface area contributed by atoms with Gasteiger partial charge < -0.3 is 25.3 Å². The minimum atomic E-state index is -0.545. The van der Waals surface area contributed by atoms with E-state index in [1.165, 1.54) is 0 Å². The Morgan fingerprint density at radius 2 is 2.33 bits per heavy atom. The van der Waals surface area contributed by atoms with E-state index in [2.05, 4.69) is 5.16 Å². The van der Waals surface area contributed by atoms with Crippen LogP contribution < -0.4 is 5.73 Å². The highest BCUT2D eigenvalue weighted by molar-refractivity contribution is 5.97. The number of carbonyl (C=O) groups excluding carboxylic acids is 1. The number of amidine groups is 1. The lowest BCUT2D eigenvalue weighted by Crippen LogP contribution is -2.43. The number of benzene rings is 1. The molecule has 1 heterocycles. The van der Waals surface area contributed by atoms with Gasteiger partial charge in [0.05, 0.1) is 19.8 Å². The first kappa shape index (κ1) is 15.3. The zero-order valence-corrected chi connectivity index (χ0v) is 11.9. The smallest absolute Gasteiger partial charge is 0.254 e. The van der Waals surface area contributed by atoms with Crippen LogP contribution in [0.4, 0.5) is 0 Å². The van der Waals surface area contributed by atoms with Crippen LogP contribution in [0.3, 0.4) is 0 Å². The number of carbonyl (C=O) groups is 1. The van der Waals surface area contributed by atoms with E-state index in [1.54, 1.807) is 30.1 Å². The van der Waals surface area contributed by atoms with Gasteiger partial charge in [0, 0.05) is 19.2 Å². The molecule has 1 amide bonds. The third kappa shape index (κ3) is 3.93. The fourth-order valence-electron chi connectivity index (χ4n) is 2.11. The lowest BCUT2D eigenvalue weighted by molar-refractivity contribution is -0.157. The number of ether oxygens (including phenoxy) is 2. The van der Waals surface area contributed by atoms with Gasteiger partial charge in [0.2, 0.25) is 0 Å². The molecule has 1 aliphatic rings. The van der Waals surface area contributed by atoms with Crippen LogP contribution in [0.5, 0.6) is 0 Å². The van der Waals surface area contributed by atoms with Crippen LogP contribution in [-0.4, -0.2) is 54.8 Å². The maximum atomic E-state index is 12.2. The molecule has 0 radical (unpaired) electrons. The summed E-state index contributed by atoms with van der Waals surface area (Å²) in [6, 6.07) is 7.17. The van der Waals surface area contributed by atoms with Crippen molar-refractivity contribution in [2.24, 2.45) is 10.9 Å². The molecule has 1 aromatic rings. The summed E-state index contributed by atoms with van der Waals surface area (Å²) in [6.07, 6.45) is -0.545. The fraction of sp³-hybridized carbons (Fsp3) is 0.429. The summed E-state index contributed by atoms with van der Waals surface area (Å²) in [6.45, 7) is 1.65. The molecule has 114 valence electrons. The van der Waals surface area contributed by atoms with E-state index < -0.39 is 6.10 Å². The van der Waals surface area contributed by atoms with E-state index in [1.807, 2.05) is 6.07 Å². The molecule has 2 rings (SSSR count). The van der Waals surface area contributed by atoms with Crippen molar-refractivity contribution in [1.82, 2.24) is 4.90 Å². The molecule has 1 aromatic carbocycles. The number of rotatable bonds is 4. The van der Waals surface area contributed by atoms with Crippen LogP contribution in [-0.2, 0) is 20.8 Å². The molecule has 1 fully saturated rings. The highest BCUT2D eigenvalue weighted by Crippen LogP contribution is 2.10. The number of nitrogens with two attached hydrogens (primary N) is 1.